The molecule has 0 saturated heterocycles. The molecule has 77 heavy (non-hydrogen) atoms. The Bertz CT molecular complexity index is 2550. The van der Waals surface area contributed by atoms with Crippen molar-refractivity contribution in [3.05, 3.63) is 107 Å². The first-order valence-corrected chi connectivity index (χ1v) is 26.2. The average molecular weight is 1090 g/mol. The van der Waals surface area contributed by atoms with Gasteiger partial charge in [-0.2, -0.15) is 0 Å². The summed E-state index contributed by atoms with van der Waals surface area (Å²) in [6.07, 6.45) is 2.55. The summed E-state index contributed by atoms with van der Waals surface area (Å²) in [5.41, 5.74) is 10.3. The van der Waals surface area contributed by atoms with Crippen LogP contribution in [0.2, 0.25) is 0 Å². The lowest BCUT2D eigenvalue weighted by molar-refractivity contribution is -0.126. The van der Waals surface area contributed by atoms with Gasteiger partial charge in [-0.15, -0.1) is 12.4 Å². The number of aromatic hydroxyl groups is 1. The Balaban J connectivity index is 0.000000537. The SMILES string of the molecule is CCNC(=O)NCc1cccc(-c2ccc(C(C)(C)CCCNC(=O)C(C)(C)N)cc2O)c1.CCNC(=O)NCc1cccc(-c2ccc(C(C)(C)CCCNC(=O)C(C)(C)NC(=O)OC(C)(C)C)cc2OCOC)c1.Cl. The molecule has 0 unspecified atom stereocenters. The zero-order valence-electron chi connectivity index (χ0n) is 48.1. The molecule has 0 spiro atoms. The van der Waals surface area contributed by atoms with Crippen LogP contribution >= 0.6 is 12.4 Å². The van der Waals surface area contributed by atoms with E-state index in [9.17, 15) is 29.1 Å². The van der Waals surface area contributed by atoms with E-state index in [1.807, 2.05) is 92.7 Å². The van der Waals surface area contributed by atoms with Crippen molar-refractivity contribution in [2.45, 2.75) is 156 Å². The summed E-state index contributed by atoms with van der Waals surface area (Å²) in [4.78, 5) is 60.3. The smallest absolute Gasteiger partial charge is 0.408 e. The number of ether oxygens (including phenoxy) is 3. The number of halogens is 1. The Morgan fingerprint density at radius 3 is 1.51 bits per heavy atom. The summed E-state index contributed by atoms with van der Waals surface area (Å²) in [6.45, 7) is 27.4. The van der Waals surface area contributed by atoms with Gasteiger partial charge in [-0.1, -0.05) is 88.4 Å². The lowest BCUT2D eigenvalue weighted by Crippen LogP contribution is -2.55. The summed E-state index contributed by atoms with van der Waals surface area (Å²) < 4.78 is 16.5. The predicted octanol–water partition coefficient (Wildman–Crippen LogP) is 9.84. The Kier molecular flexibility index (Phi) is 26.3. The number of methoxy groups -OCH3 is 1. The molecule has 4 aromatic rings. The molecule has 0 fully saturated rings. The Hall–Kier alpha value is -6.56. The van der Waals surface area contributed by atoms with Crippen molar-refractivity contribution in [3.8, 4) is 33.8 Å². The second-order valence-corrected chi connectivity index (χ2v) is 22.3. The van der Waals surface area contributed by atoms with E-state index in [1.165, 1.54) is 0 Å². The maximum atomic E-state index is 12.8. The molecular weight excluding hydrogens is 1000 g/mol. The molecule has 0 atom stereocenters. The van der Waals surface area contributed by atoms with Crippen LogP contribution in [0.15, 0.2) is 84.9 Å². The number of nitrogens with one attached hydrogen (secondary N) is 7. The van der Waals surface area contributed by atoms with E-state index in [1.54, 1.807) is 55.6 Å². The Morgan fingerprint density at radius 1 is 0.584 bits per heavy atom. The summed E-state index contributed by atoms with van der Waals surface area (Å²) >= 11 is 0. The van der Waals surface area contributed by atoms with Gasteiger partial charge in [0.05, 0.1) is 5.54 Å². The lowest BCUT2D eigenvalue weighted by Gasteiger charge is -2.29. The van der Waals surface area contributed by atoms with Gasteiger partial charge < -0.3 is 62.3 Å². The number of amides is 7. The van der Waals surface area contributed by atoms with Gasteiger partial charge in [0.2, 0.25) is 11.8 Å². The highest BCUT2D eigenvalue weighted by Crippen LogP contribution is 2.38. The number of carbonyl (C=O) groups is 5. The molecule has 10 N–H and O–H groups in total. The number of hydrogen-bond donors (Lipinski definition) is 9. The van der Waals surface area contributed by atoms with Crippen LogP contribution in [-0.4, -0.2) is 91.8 Å². The third-order valence-corrected chi connectivity index (χ3v) is 12.4. The van der Waals surface area contributed by atoms with E-state index < -0.39 is 22.8 Å². The summed E-state index contributed by atoms with van der Waals surface area (Å²) in [5.74, 6) is 0.474. The molecule has 0 saturated carbocycles. The van der Waals surface area contributed by atoms with Gasteiger partial charge in [0.15, 0.2) is 6.79 Å². The molecule has 4 rings (SSSR count). The number of hydrogen-bond acceptors (Lipinski definition) is 10. The third-order valence-electron chi connectivity index (χ3n) is 12.4. The van der Waals surface area contributed by atoms with Crippen molar-refractivity contribution < 1.29 is 43.3 Å². The standard InChI is InChI=1S/C33H50N4O6.C26H38N4O3.ClH/c1-10-34-29(39)36-21-23-13-11-14-24(19-23)26-16-15-25(20-27(26)42-22-41-9)32(5,6)17-12-18-35-28(38)33(7,8)37-30(40)43-31(2,3)4;1-6-28-24(33)30-17-18-9-7-10-19(15-18)21-12-11-20(16-22(21)31)25(2,3)13-8-14-29-23(32)26(4,5)27;/h11,13-16,19-20H,10,12,17-18,21-22H2,1-9H3,(H,35,38)(H,37,40)(H2,34,36,39);7,9-12,15-16,31H,6,8,13-14,17,27H2,1-5H3,(H,29,32)(H2,28,30,33);1H. The molecule has 18 heteroatoms. The van der Waals surface area contributed by atoms with Gasteiger partial charge in [0.1, 0.15) is 22.6 Å². The molecule has 0 radical (unpaired) electrons. The van der Waals surface area contributed by atoms with E-state index in [0.717, 1.165) is 70.2 Å². The highest BCUT2D eigenvalue weighted by Gasteiger charge is 2.32. The van der Waals surface area contributed by atoms with Crippen molar-refractivity contribution in [2.24, 2.45) is 5.73 Å². The predicted molar refractivity (Wildman–Crippen MR) is 309 cm³/mol. The van der Waals surface area contributed by atoms with Crippen molar-refractivity contribution in [2.75, 3.05) is 40.1 Å². The number of rotatable bonds is 24. The molecular formula is C59H89ClN8O9. The minimum Gasteiger partial charge on any atom is -0.507 e. The summed E-state index contributed by atoms with van der Waals surface area (Å²) in [5, 5.41) is 30.3. The maximum Gasteiger partial charge on any atom is 0.408 e. The van der Waals surface area contributed by atoms with Gasteiger partial charge in [-0.3, -0.25) is 9.59 Å². The molecule has 0 bridgehead atoms. The number of alkyl carbamates (subject to hydrolysis) is 1. The number of nitrogens with two attached hydrogens (primary N) is 1. The normalized spacial score (nSPS) is 11.6. The van der Waals surface area contributed by atoms with Crippen LogP contribution in [0.3, 0.4) is 0 Å². The highest BCUT2D eigenvalue weighted by molar-refractivity contribution is 5.89. The number of phenols is 1. The van der Waals surface area contributed by atoms with Crippen molar-refractivity contribution in [1.82, 2.24) is 37.2 Å². The van der Waals surface area contributed by atoms with Crippen LogP contribution in [-0.2, 0) is 43.0 Å². The second-order valence-electron chi connectivity index (χ2n) is 22.3. The summed E-state index contributed by atoms with van der Waals surface area (Å²) in [6, 6.07) is 27.3. The van der Waals surface area contributed by atoms with E-state index in [4.69, 9.17) is 19.9 Å². The monoisotopic (exact) mass is 1090 g/mol. The number of carbonyl (C=O) groups excluding carboxylic acids is 5. The number of benzene rings is 4. The summed E-state index contributed by atoms with van der Waals surface area (Å²) in [7, 11) is 1.58. The topological polar surface area (TPSA) is 243 Å². The largest absolute Gasteiger partial charge is 0.507 e. The lowest BCUT2D eigenvalue weighted by atomic mass is 9.79. The molecule has 0 aliphatic rings. The Morgan fingerprint density at radius 2 is 1.05 bits per heavy atom. The zero-order chi connectivity index (χ0) is 56.9. The van der Waals surface area contributed by atoms with Crippen LogP contribution in [0.4, 0.5) is 14.4 Å². The minimum atomic E-state index is -1.11. The molecule has 0 heterocycles. The van der Waals surface area contributed by atoms with Crippen LogP contribution in [0.25, 0.3) is 22.3 Å². The highest BCUT2D eigenvalue weighted by atomic mass is 35.5. The van der Waals surface area contributed by atoms with Gasteiger partial charge >= 0.3 is 18.2 Å². The van der Waals surface area contributed by atoms with Crippen molar-refractivity contribution >= 4 is 42.4 Å². The van der Waals surface area contributed by atoms with Gasteiger partial charge in [-0.05, 0) is 156 Å². The molecule has 4 aromatic carbocycles. The van der Waals surface area contributed by atoms with Gasteiger partial charge in [0, 0.05) is 57.5 Å². The first-order chi connectivity index (χ1) is 35.5. The fraction of sp³-hybridized carbons (Fsp3) is 0.508. The maximum absolute atomic E-state index is 12.8. The molecule has 0 aliphatic heterocycles. The van der Waals surface area contributed by atoms with Gasteiger partial charge in [0.25, 0.3) is 0 Å². The molecule has 17 nitrogen and oxygen atoms in total. The molecule has 0 aromatic heterocycles. The number of urea groups is 2. The second kappa shape index (κ2) is 30.4. The molecule has 426 valence electrons. The third kappa shape index (κ3) is 22.9. The van der Waals surface area contributed by atoms with E-state index in [-0.39, 0.29) is 59.7 Å². The van der Waals surface area contributed by atoms with Crippen LogP contribution in [0.5, 0.6) is 11.5 Å². The fourth-order valence-corrected chi connectivity index (χ4v) is 7.95. The average Bonchev–Trinajstić information content (AvgIpc) is 3.34. The zero-order valence-corrected chi connectivity index (χ0v) is 48.9. The van der Waals surface area contributed by atoms with Crippen LogP contribution in [0, 0.1) is 0 Å². The first kappa shape index (κ1) is 66.6. The van der Waals surface area contributed by atoms with Gasteiger partial charge in [-0.25, -0.2) is 14.4 Å². The molecule has 0 aliphatic carbocycles. The van der Waals surface area contributed by atoms with E-state index in [2.05, 4.69) is 71.0 Å². The van der Waals surface area contributed by atoms with Crippen molar-refractivity contribution in [1.29, 1.82) is 0 Å². The van der Waals surface area contributed by atoms with E-state index >= 15 is 0 Å². The Labute approximate surface area is 464 Å². The number of phenolic OH excluding ortho intramolecular Hbond substituents is 1. The first-order valence-electron chi connectivity index (χ1n) is 26.2. The fourth-order valence-electron chi connectivity index (χ4n) is 7.95. The minimum absolute atomic E-state index is 0. The van der Waals surface area contributed by atoms with Crippen LogP contribution in [0.1, 0.15) is 138 Å². The van der Waals surface area contributed by atoms with Crippen molar-refractivity contribution in [3.63, 3.8) is 0 Å². The quantitative estimate of drug-likeness (QED) is 0.0238. The molecule has 7 amide bonds. The van der Waals surface area contributed by atoms with Crippen LogP contribution < -0.4 is 47.7 Å². The van der Waals surface area contributed by atoms with E-state index in [0.29, 0.717) is 45.0 Å².